The molecule has 1 aromatic carbocycles. The predicted octanol–water partition coefficient (Wildman–Crippen LogP) is 3.47. The maximum Gasteiger partial charge on any atom is 0.255 e. The molecule has 2 N–H and O–H groups in total. The fraction of sp³-hybridized carbons (Fsp3) is 0.200. The van der Waals surface area contributed by atoms with E-state index in [1.165, 1.54) is 12.8 Å². The van der Waals surface area contributed by atoms with Crippen LogP contribution < -0.4 is 15.5 Å². The summed E-state index contributed by atoms with van der Waals surface area (Å²) in [6, 6.07) is 12.9. The van der Waals surface area contributed by atoms with Crippen LogP contribution in [0.2, 0.25) is 0 Å². The Labute approximate surface area is 157 Å². The highest BCUT2D eigenvalue weighted by atomic mass is 16.1. The average Bonchev–Trinajstić information content (AvgIpc) is 3.25. The van der Waals surface area contributed by atoms with Crippen molar-refractivity contribution in [3.63, 3.8) is 0 Å². The molecule has 4 rings (SSSR count). The van der Waals surface area contributed by atoms with Crippen LogP contribution in [0.15, 0.2) is 61.1 Å². The van der Waals surface area contributed by atoms with Crippen molar-refractivity contribution in [2.24, 2.45) is 0 Å². The van der Waals surface area contributed by atoms with Crippen LogP contribution in [0.25, 0.3) is 0 Å². The van der Waals surface area contributed by atoms with Gasteiger partial charge >= 0.3 is 0 Å². The second-order valence-electron chi connectivity index (χ2n) is 6.39. The quantitative estimate of drug-likeness (QED) is 0.725. The largest absolute Gasteiger partial charge is 0.370 e. The smallest absolute Gasteiger partial charge is 0.255 e. The lowest BCUT2D eigenvalue weighted by Gasteiger charge is -2.17. The molecule has 136 valence electrons. The number of nitrogens with zero attached hydrogens (tertiary/aromatic N) is 4. The Kier molecular flexibility index (Phi) is 4.91. The number of rotatable bonds is 5. The maximum atomic E-state index is 12.2. The van der Waals surface area contributed by atoms with Crippen LogP contribution >= 0.6 is 0 Å². The van der Waals surface area contributed by atoms with Gasteiger partial charge in [0, 0.05) is 48.5 Å². The van der Waals surface area contributed by atoms with Gasteiger partial charge in [-0.3, -0.25) is 9.78 Å². The highest BCUT2D eigenvalue weighted by Gasteiger charge is 2.13. The Bertz CT molecular complexity index is 907. The first-order chi connectivity index (χ1) is 13.3. The van der Waals surface area contributed by atoms with E-state index in [1.54, 1.807) is 30.7 Å². The Morgan fingerprint density at radius 1 is 0.963 bits per heavy atom. The summed E-state index contributed by atoms with van der Waals surface area (Å²) in [6.07, 6.45) is 7.43. The molecule has 1 saturated heterocycles. The van der Waals surface area contributed by atoms with Crippen LogP contribution in [-0.2, 0) is 0 Å². The van der Waals surface area contributed by atoms with Crippen molar-refractivity contribution in [3.05, 3.63) is 66.6 Å². The summed E-state index contributed by atoms with van der Waals surface area (Å²) in [6.45, 7) is 2.13. The van der Waals surface area contributed by atoms with Gasteiger partial charge in [-0.1, -0.05) is 0 Å². The number of carbonyl (C=O) groups excluding carboxylic acids is 1. The van der Waals surface area contributed by atoms with Gasteiger partial charge in [-0.25, -0.2) is 0 Å². The molecule has 3 heterocycles. The third-order valence-corrected chi connectivity index (χ3v) is 4.47. The second kappa shape index (κ2) is 7.82. The summed E-state index contributed by atoms with van der Waals surface area (Å²) >= 11 is 0. The molecule has 0 bridgehead atoms. The zero-order chi connectivity index (χ0) is 18.5. The molecule has 0 unspecified atom stereocenters. The molecule has 1 amide bonds. The number of hydrogen-bond acceptors (Lipinski definition) is 6. The topological polar surface area (TPSA) is 83.0 Å². The van der Waals surface area contributed by atoms with Gasteiger partial charge in [-0.05, 0) is 49.2 Å². The van der Waals surface area contributed by atoms with Crippen molar-refractivity contribution in [2.75, 3.05) is 28.6 Å². The van der Waals surface area contributed by atoms with Gasteiger partial charge in [-0.15, -0.1) is 5.10 Å². The molecular weight excluding hydrogens is 340 g/mol. The van der Waals surface area contributed by atoms with E-state index in [1.807, 2.05) is 30.3 Å². The minimum atomic E-state index is -0.165. The molecule has 7 heteroatoms. The maximum absolute atomic E-state index is 12.2. The van der Waals surface area contributed by atoms with E-state index in [0.717, 1.165) is 30.2 Å². The number of amides is 1. The average molecular weight is 360 g/mol. The number of benzene rings is 1. The molecule has 0 atom stereocenters. The minimum Gasteiger partial charge on any atom is -0.370 e. The number of anilines is 4. The van der Waals surface area contributed by atoms with E-state index in [4.69, 9.17) is 0 Å². The Morgan fingerprint density at radius 3 is 2.41 bits per heavy atom. The van der Waals surface area contributed by atoms with E-state index in [9.17, 15) is 4.79 Å². The van der Waals surface area contributed by atoms with E-state index < -0.39 is 0 Å². The molecule has 0 radical (unpaired) electrons. The fourth-order valence-corrected chi connectivity index (χ4v) is 3.06. The first-order valence-corrected chi connectivity index (χ1v) is 8.94. The lowest BCUT2D eigenvalue weighted by molar-refractivity contribution is 0.102. The minimum absolute atomic E-state index is 0.165. The van der Waals surface area contributed by atoms with Gasteiger partial charge in [0.25, 0.3) is 5.91 Å². The van der Waals surface area contributed by atoms with E-state index in [-0.39, 0.29) is 5.91 Å². The zero-order valence-electron chi connectivity index (χ0n) is 14.8. The molecule has 0 saturated carbocycles. The predicted molar refractivity (Wildman–Crippen MR) is 105 cm³/mol. The van der Waals surface area contributed by atoms with Gasteiger partial charge < -0.3 is 15.5 Å². The van der Waals surface area contributed by atoms with Crippen LogP contribution in [0.5, 0.6) is 0 Å². The van der Waals surface area contributed by atoms with Crippen LogP contribution in [0.4, 0.5) is 22.9 Å². The lowest BCUT2D eigenvalue weighted by atomic mass is 10.2. The zero-order valence-corrected chi connectivity index (χ0v) is 14.8. The highest BCUT2D eigenvalue weighted by molar-refractivity contribution is 6.04. The molecular formula is C20H20N6O. The van der Waals surface area contributed by atoms with Gasteiger partial charge in [0.05, 0.1) is 11.9 Å². The highest BCUT2D eigenvalue weighted by Crippen LogP contribution is 2.23. The van der Waals surface area contributed by atoms with E-state index in [0.29, 0.717) is 11.4 Å². The van der Waals surface area contributed by atoms with Gasteiger partial charge in [0.2, 0.25) is 0 Å². The Balaban J connectivity index is 1.41. The van der Waals surface area contributed by atoms with Crippen LogP contribution in [-0.4, -0.2) is 34.2 Å². The molecule has 7 nitrogen and oxygen atoms in total. The van der Waals surface area contributed by atoms with Crippen molar-refractivity contribution in [2.45, 2.75) is 12.8 Å². The number of pyridine rings is 1. The first kappa shape index (κ1) is 17.0. The third kappa shape index (κ3) is 4.20. The number of carbonyl (C=O) groups is 1. The molecule has 2 aromatic heterocycles. The van der Waals surface area contributed by atoms with E-state index >= 15 is 0 Å². The summed E-state index contributed by atoms with van der Waals surface area (Å²) < 4.78 is 0. The standard InChI is InChI=1S/C20H20N6O/c27-20(15-7-9-21-10-8-15)24-17-5-3-16(4-6-17)23-19-13-18(14-22-25-19)26-11-1-2-12-26/h3-10,13-14H,1-2,11-12H2,(H,23,25)(H,24,27). The lowest BCUT2D eigenvalue weighted by Crippen LogP contribution is -2.18. The van der Waals surface area contributed by atoms with Crippen molar-refractivity contribution < 1.29 is 4.79 Å². The van der Waals surface area contributed by atoms with Crippen molar-refractivity contribution in [1.82, 2.24) is 15.2 Å². The summed E-state index contributed by atoms with van der Waals surface area (Å²) in [5.74, 6) is 0.537. The summed E-state index contributed by atoms with van der Waals surface area (Å²) in [7, 11) is 0. The Morgan fingerprint density at radius 2 is 1.67 bits per heavy atom. The molecule has 0 spiro atoms. The number of nitrogens with one attached hydrogen (secondary N) is 2. The first-order valence-electron chi connectivity index (χ1n) is 8.94. The Hall–Kier alpha value is -3.48. The second-order valence-corrected chi connectivity index (χ2v) is 6.39. The molecule has 1 fully saturated rings. The molecule has 3 aromatic rings. The monoisotopic (exact) mass is 360 g/mol. The van der Waals surface area contributed by atoms with Crippen molar-refractivity contribution in [1.29, 1.82) is 0 Å². The van der Waals surface area contributed by atoms with E-state index in [2.05, 4.69) is 30.7 Å². The number of aromatic nitrogens is 3. The van der Waals surface area contributed by atoms with Gasteiger partial charge in [0.15, 0.2) is 5.82 Å². The van der Waals surface area contributed by atoms with Crippen LogP contribution in [0.3, 0.4) is 0 Å². The SMILES string of the molecule is O=C(Nc1ccc(Nc2cc(N3CCCC3)cnn2)cc1)c1ccncc1. The summed E-state index contributed by atoms with van der Waals surface area (Å²) in [4.78, 5) is 18.4. The molecule has 0 aliphatic carbocycles. The molecule has 1 aliphatic rings. The van der Waals surface area contributed by atoms with Crippen molar-refractivity contribution in [3.8, 4) is 0 Å². The number of hydrogen-bond donors (Lipinski definition) is 2. The van der Waals surface area contributed by atoms with Crippen LogP contribution in [0, 0.1) is 0 Å². The fourth-order valence-electron chi connectivity index (χ4n) is 3.06. The van der Waals surface area contributed by atoms with Gasteiger partial charge in [0.1, 0.15) is 0 Å². The van der Waals surface area contributed by atoms with Crippen molar-refractivity contribution >= 4 is 28.8 Å². The third-order valence-electron chi connectivity index (χ3n) is 4.47. The summed E-state index contributed by atoms with van der Waals surface area (Å²) in [5, 5.41) is 14.4. The van der Waals surface area contributed by atoms with Crippen LogP contribution in [0.1, 0.15) is 23.2 Å². The van der Waals surface area contributed by atoms with Gasteiger partial charge in [-0.2, -0.15) is 5.10 Å². The molecule has 1 aliphatic heterocycles. The molecule has 27 heavy (non-hydrogen) atoms. The summed E-state index contributed by atoms with van der Waals surface area (Å²) in [5.41, 5.74) is 3.26. The normalized spacial score (nSPS) is 13.4.